The van der Waals surface area contributed by atoms with Crippen molar-refractivity contribution in [3.05, 3.63) is 94.3 Å². The molecule has 0 saturated carbocycles. The van der Waals surface area contributed by atoms with Crippen molar-refractivity contribution in [3.8, 4) is 5.75 Å². The lowest BCUT2D eigenvalue weighted by Crippen LogP contribution is -2.29. The molecule has 2 aromatic carbocycles. The lowest BCUT2D eigenvalue weighted by Gasteiger charge is -2.24. The molecule has 6 nitrogen and oxygen atoms in total. The number of halogens is 1. The van der Waals surface area contributed by atoms with Crippen LogP contribution in [-0.4, -0.2) is 28.4 Å². The number of ether oxygens (including phenoxy) is 1. The minimum atomic E-state index is -0.884. The van der Waals surface area contributed by atoms with Crippen LogP contribution in [0.5, 0.6) is 5.75 Å². The number of aromatic nitrogens is 1. The number of rotatable bonds is 5. The highest BCUT2D eigenvalue weighted by molar-refractivity contribution is 6.51. The zero-order chi connectivity index (χ0) is 22.8. The summed E-state index contributed by atoms with van der Waals surface area (Å²) in [5.41, 5.74) is 2.30. The highest BCUT2D eigenvalue weighted by Crippen LogP contribution is 2.42. The maximum Gasteiger partial charge on any atom is 0.300 e. The molecule has 0 spiro atoms. The number of carbonyl (C=O) groups is 2. The Morgan fingerprint density at radius 3 is 2.53 bits per heavy atom. The van der Waals surface area contributed by atoms with Gasteiger partial charge in [-0.2, -0.15) is 0 Å². The molecule has 1 saturated heterocycles. The van der Waals surface area contributed by atoms with Gasteiger partial charge in [-0.3, -0.25) is 19.5 Å². The summed E-state index contributed by atoms with van der Waals surface area (Å²) in [7, 11) is 0. The maximum absolute atomic E-state index is 13.1. The first kappa shape index (κ1) is 21.6. The first-order valence-electron chi connectivity index (χ1n) is 10.1. The Balaban J connectivity index is 1.91. The fraction of sp³-hybridized carbons (Fsp3) is 0.160. The average Bonchev–Trinajstić information content (AvgIpc) is 3.07. The molecule has 1 unspecified atom stereocenters. The van der Waals surface area contributed by atoms with E-state index in [1.54, 1.807) is 54.7 Å². The van der Waals surface area contributed by atoms with E-state index in [4.69, 9.17) is 16.3 Å². The summed E-state index contributed by atoms with van der Waals surface area (Å²) >= 11 is 6.17. The van der Waals surface area contributed by atoms with Crippen molar-refractivity contribution >= 4 is 34.7 Å². The Morgan fingerprint density at radius 2 is 1.88 bits per heavy atom. The van der Waals surface area contributed by atoms with Gasteiger partial charge >= 0.3 is 0 Å². The molecular weight excluding hydrogens is 428 g/mol. The van der Waals surface area contributed by atoms with Crippen molar-refractivity contribution < 1.29 is 19.4 Å². The van der Waals surface area contributed by atoms with Crippen LogP contribution in [-0.2, 0) is 9.59 Å². The fourth-order valence-electron chi connectivity index (χ4n) is 3.69. The molecule has 162 valence electrons. The molecule has 1 aliphatic rings. The lowest BCUT2D eigenvalue weighted by atomic mass is 9.98. The summed E-state index contributed by atoms with van der Waals surface area (Å²) in [5, 5.41) is 11.6. The van der Waals surface area contributed by atoms with Gasteiger partial charge in [0.2, 0.25) is 0 Å². The maximum atomic E-state index is 13.1. The smallest absolute Gasteiger partial charge is 0.300 e. The lowest BCUT2D eigenvalue weighted by molar-refractivity contribution is -0.132. The predicted octanol–water partition coefficient (Wildman–Crippen LogP) is 5.07. The number of aliphatic hydroxyl groups excluding tert-OH is 1. The van der Waals surface area contributed by atoms with Crippen molar-refractivity contribution in [2.24, 2.45) is 0 Å². The molecule has 0 aliphatic carbocycles. The second-order valence-corrected chi connectivity index (χ2v) is 7.74. The summed E-state index contributed by atoms with van der Waals surface area (Å²) in [6.07, 6.45) is 1.58. The van der Waals surface area contributed by atoms with E-state index in [1.165, 1.54) is 4.90 Å². The van der Waals surface area contributed by atoms with Crippen LogP contribution in [0.2, 0.25) is 5.02 Å². The van der Waals surface area contributed by atoms with Crippen LogP contribution in [0.1, 0.15) is 29.8 Å². The molecule has 1 fully saturated rings. The molecule has 1 N–H and O–H groups in total. The van der Waals surface area contributed by atoms with Gasteiger partial charge in [-0.1, -0.05) is 35.4 Å². The van der Waals surface area contributed by atoms with E-state index in [9.17, 15) is 14.7 Å². The van der Waals surface area contributed by atoms with Gasteiger partial charge in [-0.25, -0.2) is 0 Å². The number of hydrogen-bond donors (Lipinski definition) is 1. The highest BCUT2D eigenvalue weighted by Gasteiger charge is 2.47. The van der Waals surface area contributed by atoms with Crippen LogP contribution >= 0.6 is 11.6 Å². The zero-order valence-corrected chi connectivity index (χ0v) is 18.3. The molecule has 1 aromatic heterocycles. The molecule has 1 amide bonds. The molecular formula is C25H21ClN2O4. The van der Waals surface area contributed by atoms with Gasteiger partial charge in [0, 0.05) is 17.4 Å². The molecule has 1 atom stereocenters. The molecule has 0 bridgehead atoms. The van der Waals surface area contributed by atoms with E-state index in [1.807, 2.05) is 26.0 Å². The van der Waals surface area contributed by atoms with Crippen LogP contribution in [0, 0.1) is 6.92 Å². The third kappa shape index (κ3) is 3.85. The summed E-state index contributed by atoms with van der Waals surface area (Å²) in [6.45, 7) is 4.14. The highest BCUT2D eigenvalue weighted by atomic mass is 35.5. The normalized spacial score (nSPS) is 17.6. The monoisotopic (exact) mass is 448 g/mol. The fourth-order valence-corrected chi connectivity index (χ4v) is 3.87. The number of Topliss-reactive ketones (excluding diaryl/α,β-unsaturated/α-hetero) is 1. The first-order chi connectivity index (χ1) is 15.4. The first-order valence-corrected chi connectivity index (χ1v) is 10.5. The van der Waals surface area contributed by atoms with Gasteiger partial charge < -0.3 is 9.84 Å². The Morgan fingerprint density at radius 1 is 1.12 bits per heavy atom. The number of hydrogen-bond acceptors (Lipinski definition) is 5. The van der Waals surface area contributed by atoms with Gasteiger partial charge in [-0.15, -0.1) is 0 Å². The molecule has 32 heavy (non-hydrogen) atoms. The third-order valence-corrected chi connectivity index (χ3v) is 5.54. The Labute approximate surface area is 190 Å². The average molecular weight is 449 g/mol. The van der Waals surface area contributed by atoms with E-state index >= 15 is 0 Å². The minimum absolute atomic E-state index is 0.0426. The van der Waals surface area contributed by atoms with E-state index in [0.29, 0.717) is 34.3 Å². The van der Waals surface area contributed by atoms with Crippen LogP contribution in [0.4, 0.5) is 5.69 Å². The van der Waals surface area contributed by atoms with Gasteiger partial charge in [-0.05, 0) is 56.3 Å². The van der Waals surface area contributed by atoms with Crippen molar-refractivity contribution in [2.75, 3.05) is 11.5 Å². The number of aliphatic hydroxyl groups is 1. The van der Waals surface area contributed by atoms with Gasteiger partial charge in [0.05, 0.1) is 22.9 Å². The van der Waals surface area contributed by atoms with Crippen LogP contribution in [0.15, 0.2) is 72.4 Å². The van der Waals surface area contributed by atoms with Crippen LogP contribution in [0.3, 0.4) is 0 Å². The number of amides is 1. The molecule has 7 heteroatoms. The number of carbonyl (C=O) groups excluding carboxylic acids is 2. The van der Waals surface area contributed by atoms with Gasteiger partial charge in [0.1, 0.15) is 17.6 Å². The zero-order valence-electron chi connectivity index (χ0n) is 17.6. The topological polar surface area (TPSA) is 79.7 Å². The molecule has 4 rings (SSSR count). The molecule has 2 heterocycles. The van der Waals surface area contributed by atoms with Gasteiger partial charge in [0.15, 0.2) is 0 Å². The minimum Gasteiger partial charge on any atom is -0.507 e. The second kappa shape index (κ2) is 8.85. The SMILES string of the molecule is CCOc1cc(/C(O)=C2/C(=O)C(=O)N(c3ccc(C)cc3)C2c2ccccn2)ccc1Cl. The van der Waals surface area contributed by atoms with Gasteiger partial charge in [0.25, 0.3) is 11.7 Å². The van der Waals surface area contributed by atoms with Crippen LogP contribution < -0.4 is 9.64 Å². The number of aryl methyl sites for hydroxylation is 1. The summed E-state index contributed by atoms with van der Waals surface area (Å²) < 4.78 is 5.51. The quantitative estimate of drug-likeness (QED) is 0.335. The van der Waals surface area contributed by atoms with Crippen molar-refractivity contribution in [2.45, 2.75) is 19.9 Å². The number of nitrogens with zero attached hydrogens (tertiary/aromatic N) is 2. The van der Waals surface area contributed by atoms with Crippen LogP contribution in [0.25, 0.3) is 5.76 Å². The molecule has 1 aliphatic heterocycles. The standard InChI is InChI=1S/C25H21ClN2O4/c1-3-32-20-14-16(9-12-18(20)26)23(29)21-22(19-6-4-5-13-27-19)28(25(31)24(21)30)17-10-7-15(2)8-11-17/h4-14,22,29H,3H2,1-2H3/b23-21-. The number of pyridine rings is 1. The molecule has 0 radical (unpaired) electrons. The van der Waals surface area contributed by atoms with E-state index in [-0.39, 0.29) is 11.3 Å². The number of benzene rings is 2. The van der Waals surface area contributed by atoms with E-state index in [2.05, 4.69) is 4.98 Å². The number of ketones is 1. The summed E-state index contributed by atoms with van der Waals surface area (Å²) in [4.78, 5) is 32.0. The van der Waals surface area contributed by atoms with Crippen molar-refractivity contribution in [3.63, 3.8) is 0 Å². The number of anilines is 1. The van der Waals surface area contributed by atoms with E-state index < -0.39 is 17.7 Å². The van der Waals surface area contributed by atoms with Crippen molar-refractivity contribution in [1.29, 1.82) is 0 Å². The van der Waals surface area contributed by atoms with Crippen molar-refractivity contribution in [1.82, 2.24) is 4.98 Å². The summed E-state index contributed by atoms with van der Waals surface area (Å²) in [6, 6.07) is 16.3. The molecule has 3 aromatic rings. The largest absolute Gasteiger partial charge is 0.507 e. The Kier molecular flexibility index (Phi) is 5.97. The second-order valence-electron chi connectivity index (χ2n) is 7.34. The Bertz CT molecular complexity index is 1210. The van der Waals surface area contributed by atoms with E-state index in [0.717, 1.165) is 5.56 Å². The Hall–Kier alpha value is -3.64. The summed E-state index contributed by atoms with van der Waals surface area (Å²) in [5.74, 6) is -1.46. The third-order valence-electron chi connectivity index (χ3n) is 5.23. The predicted molar refractivity (Wildman–Crippen MR) is 123 cm³/mol.